The number of aromatic nitrogens is 2. The fraction of sp³-hybridized carbons (Fsp3) is 0.286. The molecule has 2 heterocycles. The number of ether oxygens (including phenoxy) is 1. The van der Waals surface area contributed by atoms with Crippen LogP contribution in [0.2, 0.25) is 0 Å². The van der Waals surface area contributed by atoms with Crippen LogP contribution in [0.15, 0.2) is 53.6 Å². The van der Waals surface area contributed by atoms with Gasteiger partial charge in [0.15, 0.2) is 0 Å². The Hall–Kier alpha value is -3.04. The predicted molar refractivity (Wildman–Crippen MR) is 113 cm³/mol. The molecule has 3 aromatic rings. The Morgan fingerprint density at radius 2 is 1.97 bits per heavy atom. The Labute approximate surface area is 175 Å². The second kappa shape index (κ2) is 8.00. The SMILES string of the molecule is CC(=O)Nc1ccc(S(=O)(=O)N2CCC(Oc3cnc4ccccc4n3)C2)c(C)c1. The first-order chi connectivity index (χ1) is 14.3. The minimum Gasteiger partial charge on any atom is -0.472 e. The monoisotopic (exact) mass is 426 g/mol. The second-order valence-corrected chi connectivity index (χ2v) is 9.16. The summed E-state index contributed by atoms with van der Waals surface area (Å²) in [5, 5.41) is 2.66. The van der Waals surface area contributed by atoms with Crippen LogP contribution in [0.25, 0.3) is 11.0 Å². The summed E-state index contributed by atoms with van der Waals surface area (Å²) >= 11 is 0. The molecule has 4 rings (SSSR count). The quantitative estimate of drug-likeness (QED) is 0.673. The van der Waals surface area contributed by atoms with E-state index < -0.39 is 10.0 Å². The summed E-state index contributed by atoms with van der Waals surface area (Å²) in [6.07, 6.45) is 1.83. The molecule has 0 saturated carbocycles. The summed E-state index contributed by atoms with van der Waals surface area (Å²) in [6.45, 7) is 3.72. The number of para-hydroxylation sites is 2. The minimum absolute atomic E-state index is 0.207. The maximum Gasteiger partial charge on any atom is 0.243 e. The average molecular weight is 426 g/mol. The molecule has 0 radical (unpaired) electrons. The zero-order chi connectivity index (χ0) is 21.3. The normalized spacial score (nSPS) is 17.2. The number of benzene rings is 2. The zero-order valence-corrected chi connectivity index (χ0v) is 17.5. The van der Waals surface area contributed by atoms with Crippen molar-refractivity contribution in [1.29, 1.82) is 0 Å². The average Bonchev–Trinajstić information content (AvgIpc) is 3.16. The van der Waals surface area contributed by atoms with E-state index in [1.54, 1.807) is 25.3 Å². The lowest BCUT2D eigenvalue weighted by atomic mass is 10.2. The molecule has 1 fully saturated rings. The summed E-state index contributed by atoms with van der Waals surface area (Å²) in [5.41, 5.74) is 2.65. The Bertz CT molecular complexity index is 1210. The molecule has 0 aliphatic carbocycles. The summed E-state index contributed by atoms with van der Waals surface area (Å²) in [7, 11) is -3.67. The number of hydrogen-bond donors (Lipinski definition) is 1. The summed E-state index contributed by atoms with van der Waals surface area (Å²) < 4.78 is 33.6. The first-order valence-corrected chi connectivity index (χ1v) is 11.0. The summed E-state index contributed by atoms with van der Waals surface area (Å²) in [5.74, 6) is 0.176. The molecular formula is C21H22N4O4S. The number of carbonyl (C=O) groups is 1. The van der Waals surface area contributed by atoms with Gasteiger partial charge in [-0.3, -0.25) is 4.79 Å². The van der Waals surface area contributed by atoms with Gasteiger partial charge in [0.2, 0.25) is 21.8 Å². The van der Waals surface area contributed by atoms with Crippen molar-refractivity contribution in [3.63, 3.8) is 0 Å². The predicted octanol–water partition coefficient (Wildman–Crippen LogP) is 2.74. The zero-order valence-electron chi connectivity index (χ0n) is 16.7. The van der Waals surface area contributed by atoms with Gasteiger partial charge in [-0.15, -0.1) is 0 Å². The minimum atomic E-state index is -3.67. The van der Waals surface area contributed by atoms with Crippen LogP contribution in [0.1, 0.15) is 18.9 Å². The van der Waals surface area contributed by atoms with Gasteiger partial charge in [-0.1, -0.05) is 12.1 Å². The van der Waals surface area contributed by atoms with E-state index in [2.05, 4.69) is 15.3 Å². The maximum atomic E-state index is 13.1. The lowest BCUT2D eigenvalue weighted by molar-refractivity contribution is -0.114. The first kappa shape index (κ1) is 20.2. The summed E-state index contributed by atoms with van der Waals surface area (Å²) in [6, 6.07) is 12.3. The molecule has 1 amide bonds. The topological polar surface area (TPSA) is 101 Å². The standard InChI is InChI=1S/C21H22N4O4S/c1-14-11-16(23-15(2)26)7-8-20(14)30(27,28)25-10-9-17(13-25)29-21-12-22-18-5-3-4-6-19(18)24-21/h3-8,11-12,17H,9-10,13H2,1-2H3,(H,23,26). The van der Waals surface area contributed by atoms with Gasteiger partial charge in [-0.25, -0.2) is 18.4 Å². The number of carbonyl (C=O) groups excluding carboxylic acids is 1. The van der Waals surface area contributed by atoms with Gasteiger partial charge < -0.3 is 10.1 Å². The molecule has 1 aliphatic rings. The summed E-state index contributed by atoms with van der Waals surface area (Å²) in [4.78, 5) is 20.2. The van der Waals surface area contributed by atoms with Gasteiger partial charge in [0, 0.05) is 19.2 Å². The molecule has 1 saturated heterocycles. The molecule has 8 nitrogen and oxygen atoms in total. The number of sulfonamides is 1. The highest BCUT2D eigenvalue weighted by molar-refractivity contribution is 7.89. The maximum absolute atomic E-state index is 13.1. The van der Waals surface area contributed by atoms with Gasteiger partial charge in [0.1, 0.15) is 6.10 Å². The third-order valence-electron chi connectivity index (χ3n) is 4.93. The number of rotatable bonds is 5. The molecule has 0 bridgehead atoms. The van der Waals surface area contributed by atoms with Crippen molar-refractivity contribution in [3.05, 3.63) is 54.2 Å². The second-order valence-electron chi connectivity index (χ2n) is 7.25. The van der Waals surface area contributed by atoms with Gasteiger partial charge in [-0.2, -0.15) is 4.31 Å². The highest BCUT2D eigenvalue weighted by atomic mass is 32.2. The number of aryl methyl sites for hydroxylation is 1. The molecule has 1 N–H and O–H groups in total. The van der Waals surface area contributed by atoms with Crippen LogP contribution in [0.4, 0.5) is 5.69 Å². The molecule has 1 aliphatic heterocycles. The van der Waals surface area contributed by atoms with Crippen molar-refractivity contribution in [3.8, 4) is 5.88 Å². The number of nitrogens with zero attached hydrogens (tertiary/aromatic N) is 3. The highest BCUT2D eigenvalue weighted by Crippen LogP contribution is 2.27. The molecular weight excluding hydrogens is 404 g/mol. The lowest BCUT2D eigenvalue weighted by Gasteiger charge is -2.19. The fourth-order valence-electron chi connectivity index (χ4n) is 3.54. The molecule has 9 heteroatoms. The third-order valence-corrected chi connectivity index (χ3v) is 6.96. The van der Waals surface area contributed by atoms with E-state index in [4.69, 9.17) is 4.74 Å². The van der Waals surface area contributed by atoms with E-state index in [9.17, 15) is 13.2 Å². The van der Waals surface area contributed by atoms with Crippen molar-refractivity contribution in [1.82, 2.24) is 14.3 Å². The smallest absolute Gasteiger partial charge is 0.243 e. The number of hydrogen-bond acceptors (Lipinski definition) is 6. The van der Waals surface area contributed by atoms with Gasteiger partial charge in [-0.05, 0) is 49.2 Å². The van der Waals surface area contributed by atoms with Crippen molar-refractivity contribution in [2.45, 2.75) is 31.3 Å². The van der Waals surface area contributed by atoms with E-state index in [1.165, 1.54) is 17.3 Å². The van der Waals surface area contributed by atoms with Gasteiger partial charge in [0.05, 0.1) is 28.7 Å². The molecule has 1 atom stereocenters. The van der Waals surface area contributed by atoms with Crippen molar-refractivity contribution in [2.24, 2.45) is 0 Å². The molecule has 0 spiro atoms. The van der Waals surface area contributed by atoms with Crippen molar-refractivity contribution in [2.75, 3.05) is 18.4 Å². The number of fused-ring (bicyclic) bond motifs is 1. The lowest BCUT2D eigenvalue weighted by Crippen LogP contribution is -2.31. The van der Waals surface area contributed by atoms with Gasteiger partial charge in [0.25, 0.3) is 0 Å². The largest absolute Gasteiger partial charge is 0.472 e. The molecule has 30 heavy (non-hydrogen) atoms. The van der Waals surface area contributed by atoms with Crippen LogP contribution in [0.3, 0.4) is 0 Å². The number of amides is 1. The molecule has 2 aromatic carbocycles. The van der Waals surface area contributed by atoms with E-state index in [-0.39, 0.29) is 23.5 Å². The molecule has 1 aromatic heterocycles. The Balaban J connectivity index is 1.48. The van der Waals surface area contributed by atoms with Crippen LogP contribution in [0, 0.1) is 6.92 Å². The highest BCUT2D eigenvalue weighted by Gasteiger charge is 2.34. The first-order valence-electron chi connectivity index (χ1n) is 9.60. The molecule has 1 unspecified atom stereocenters. The van der Waals surface area contributed by atoms with E-state index in [0.29, 0.717) is 30.1 Å². The number of nitrogens with one attached hydrogen (secondary N) is 1. The van der Waals surface area contributed by atoms with Crippen molar-refractivity contribution >= 4 is 32.7 Å². The van der Waals surface area contributed by atoms with Crippen molar-refractivity contribution < 1.29 is 17.9 Å². The van der Waals surface area contributed by atoms with E-state index >= 15 is 0 Å². The Morgan fingerprint density at radius 1 is 1.20 bits per heavy atom. The van der Waals surface area contributed by atoms with Crippen LogP contribution in [-0.4, -0.2) is 47.8 Å². The Morgan fingerprint density at radius 3 is 2.70 bits per heavy atom. The van der Waals surface area contributed by atoms with E-state index in [1.807, 2.05) is 24.3 Å². The van der Waals surface area contributed by atoms with Crippen LogP contribution in [-0.2, 0) is 14.8 Å². The van der Waals surface area contributed by atoms with Gasteiger partial charge >= 0.3 is 0 Å². The van der Waals surface area contributed by atoms with E-state index in [0.717, 1.165) is 11.0 Å². The third kappa shape index (κ3) is 4.12. The van der Waals surface area contributed by atoms with Crippen LogP contribution < -0.4 is 10.1 Å². The van der Waals surface area contributed by atoms with Crippen LogP contribution in [0.5, 0.6) is 5.88 Å². The van der Waals surface area contributed by atoms with Crippen LogP contribution >= 0.6 is 0 Å². The Kier molecular flexibility index (Phi) is 5.40. The fourth-order valence-corrected chi connectivity index (χ4v) is 5.23. The molecule has 156 valence electrons. The number of anilines is 1.